The summed E-state index contributed by atoms with van der Waals surface area (Å²) in [7, 11) is -3.55. The van der Waals surface area contributed by atoms with Crippen LogP contribution in [0.4, 0.5) is 10.1 Å². The van der Waals surface area contributed by atoms with E-state index in [-0.39, 0.29) is 11.9 Å². The van der Waals surface area contributed by atoms with Crippen LogP contribution < -0.4 is 4.90 Å². The van der Waals surface area contributed by atoms with Crippen LogP contribution in [0.5, 0.6) is 0 Å². The molecular weight excluding hydrogens is 317 g/mol. The minimum Gasteiger partial charge on any atom is -0.308 e. The van der Waals surface area contributed by atoms with Gasteiger partial charge in [-0.05, 0) is 57.9 Å². The predicted molar refractivity (Wildman–Crippen MR) is 89.7 cm³/mol. The maximum Gasteiger partial charge on any atom is 0.242 e. The number of carbonyl (C=O) groups excluding carboxylic acids is 1. The smallest absolute Gasteiger partial charge is 0.242 e. The molecule has 2 rings (SSSR count). The number of hydrogen-bond donors (Lipinski definition) is 0. The summed E-state index contributed by atoms with van der Waals surface area (Å²) in [4.78, 5) is 14.3. The monoisotopic (exact) mass is 341 g/mol. The van der Waals surface area contributed by atoms with E-state index in [9.17, 15) is 17.6 Å². The van der Waals surface area contributed by atoms with E-state index >= 15 is 0 Å². The van der Waals surface area contributed by atoms with E-state index in [0.29, 0.717) is 5.69 Å². The summed E-state index contributed by atoms with van der Waals surface area (Å²) >= 11 is 0. The first kappa shape index (κ1) is 17.9. The van der Waals surface area contributed by atoms with E-state index in [1.54, 1.807) is 25.7 Å². The molecule has 1 aromatic rings. The van der Waals surface area contributed by atoms with Crippen molar-refractivity contribution in [1.82, 2.24) is 0 Å². The Hall–Kier alpha value is -1.43. The standard InChI is InChI=1S/C17H24FNO3S/c1-17(2,3)23(21,22)12-16(20)19(14-6-4-5-7-14)15-10-8-13(18)9-11-15/h8-11,14H,4-7,12H2,1-3H3. The first-order valence-corrected chi connectivity index (χ1v) is 9.57. The van der Waals surface area contributed by atoms with Gasteiger partial charge in [-0.1, -0.05) is 12.8 Å². The van der Waals surface area contributed by atoms with Crippen molar-refractivity contribution < 1.29 is 17.6 Å². The van der Waals surface area contributed by atoms with E-state index in [0.717, 1.165) is 25.7 Å². The van der Waals surface area contributed by atoms with Crippen molar-refractivity contribution in [2.45, 2.75) is 57.2 Å². The molecule has 1 amide bonds. The van der Waals surface area contributed by atoms with Gasteiger partial charge < -0.3 is 4.90 Å². The highest BCUT2D eigenvalue weighted by Gasteiger charge is 2.36. The van der Waals surface area contributed by atoms with Crippen LogP contribution in [0.15, 0.2) is 24.3 Å². The summed E-state index contributed by atoms with van der Waals surface area (Å²) in [6, 6.07) is 5.65. The lowest BCUT2D eigenvalue weighted by atomic mass is 10.1. The minimum absolute atomic E-state index is 0.0110. The van der Waals surface area contributed by atoms with E-state index in [4.69, 9.17) is 0 Å². The summed E-state index contributed by atoms with van der Waals surface area (Å²) in [6.45, 7) is 4.77. The molecule has 0 aromatic heterocycles. The summed E-state index contributed by atoms with van der Waals surface area (Å²) in [6.07, 6.45) is 3.72. The van der Waals surface area contributed by atoms with Gasteiger partial charge in [0.05, 0.1) is 4.75 Å². The van der Waals surface area contributed by atoms with Gasteiger partial charge in [-0.15, -0.1) is 0 Å². The van der Waals surface area contributed by atoms with Gasteiger partial charge in [0.2, 0.25) is 5.91 Å². The van der Waals surface area contributed by atoms with Crippen molar-refractivity contribution in [3.05, 3.63) is 30.1 Å². The molecule has 0 radical (unpaired) electrons. The Morgan fingerprint density at radius 3 is 2.17 bits per heavy atom. The van der Waals surface area contributed by atoms with Crippen molar-refractivity contribution in [3.8, 4) is 0 Å². The van der Waals surface area contributed by atoms with Crippen LogP contribution in [0.25, 0.3) is 0 Å². The van der Waals surface area contributed by atoms with Gasteiger partial charge in [0.15, 0.2) is 9.84 Å². The zero-order valence-corrected chi connectivity index (χ0v) is 14.7. The number of benzene rings is 1. The van der Waals surface area contributed by atoms with Gasteiger partial charge in [0.25, 0.3) is 0 Å². The number of halogens is 1. The number of sulfone groups is 1. The molecular formula is C17H24FNO3S. The van der Waals surface area contributed by atoms with Gasteiger partial charge in [-0.2, -0.15) is 0 Å². The maximum atomic E-state index is 13.2. The van der Waals surface area contributed by atoms with Crippen LogP contribution in [0.2, 0.25) is 0 Å². The molecule has 128 valence electrons. The highest BCUT2D eigenvalue weighted by atomic mass is 32.2. The molecule has 0 atom stereocenters. The Labute approximate surface area is 137 Å². The van der Waals surface area contributed by atoms with Crippen LogP contribution in [0.3, 0.4) is 0 Å². The quantitative estimate of drug-likeness (QED) is 0.844. The largest absolute Gasteiger partial charge is 0.308 e. The molecule has 1 aromatic carbocycles. The van der Waals surface area contributed by atoms with Crippen LogP contribution in [-0.2, 0) is 14.6 Å². The van der Waals surface area contributed by atoms with Gasteiger partial charge in [0.1, 0.15) is 11.6 Å². The third-order valence-corrected chi connectivity index (χ3v) is 6.80. The van der Waals surface area contributed by atoms with Crippen LogP contribution in [-0.4, -0.2) is 30.9 Å². The Morgan fingerprint density at radius 1 is 1.17 bits per heavy atom. The summed E-state index contributed by atoms with van der Waals surface area (Å²) < 4.78 is 36.9. The van der Waals surface area contributed by atoms with Crippen LogP contribution >= 0.6 is 0 Å². The molecule has 0 bridgehead atoms. The average molecular weight is 341 g/mol. The van der Waals surface area contributed by atoms with Crippen molar-refractivity contribution in [2.75, 3.05) is 10.7 Å². The van der Waals surface area contributed by atoms with Crippen LogP contribution in [0.1, 0.15) is 46.5 Å². The molecule has 4 nitrogen and oxygen atoms in total. The Balaban J connectivity index is 2.30. The third kappa shape index (κ3) is 4.10. The molecule has 1 saturated carbocycles. The number of carbonyl (C=O) groups is 1. The third-order valence-electron chi connectivity index (χ3n) is 4.31. The first-order valence-electron chi connectivity index (χ1n) is 7.92. The molecule has 6 heteroatoms. The van der Waals surface area contributed by atoms with Gasteiger partial charge >= 0.3 is 0 Å². The maximum absolute atomic E-state index is 13.2. The molecule has 1 aliphatic carbocycles. The molecule has 0 spiro atoms. The topological polar surface area (TPSA) is 54.5 Å². The minimum atomic E-state index is -3.55. The van der Waals surface area contributed by atoms with Gasteiger partial charge in [-0.3, -0.25) is 4.79 Å². The average Bonchev–Trinajstić information content (AvgIpc) is 2.93. The van der Waals surface area contributed by atoms with Crippen molar-refractivity contribution in [1.29, 1.82) is 0 Å². The Bertz CT molecular complexity index is 656. The van der Waals surface area contributed by atoms with Gasteiger partial charge in [0, 0.05) is 11.7 Å². The number of amides is 1. The molecule has 0 heterocycles. The number of nitrogens with zero attached hydrogens (tertiary/aromatic N) is 1. The first-order chi connectivity index (χ1) is 10.6. The number of rotatable bonds is 4. The second kappa shape index (κ2) is 6.59. The van der Waals surface area contributed by atoms with E-state index in [2.05, 4.69) is 0 Å². The molecule has 0 unspecified atom stereocenters. The number of hydrogen-bond acceptors (Lipinski definition) is 3. The molecule has 23 heavy (non-hydrogen) atoms. The van der Waals surface area contributed by atoms with Gasteiger partial charge in [-0.25, -0.2) is 12.8 Å². The molecule has 0 saturated heterocycles. The highest BCUT2D eigenvalue weighted by molar-refractivity contribution is 7.93. The van der Waals surface area contributed by atoms with Crippen molar-refractivity contribution in [2.24, 2.45) is 0 Å². The summed E-state index contributed by atoms with van der Waals surface area (Å²) in [5.41, 5.74) is 0.562. The molecule has 0 aliphatic heterocycles. The van der Waals surface area contributed by atoms with Crippen molar-refractivity contribution >= 4 is 21.4 Å². The second-order valence-corrected chi connectivity index (χ2v) is 9.79. The Morgan fingerprint density at radius 2 is 1.70 bits per heavy atom. The molecule has 1 fully saturated rings. The fourth-order valence-corrected chi connectivity index (χ4v) is 3.67. The predicted octanol–water partition coefficient (Wildman–Crippen LogP) is 3.31. The van der Waals surface area contributed by atoms with E-state index < -0.39 is 26.2 Å². The lowest BCUT2D eigenvalue weighted by Gasteiger charge is -2.30. The molecule has 1 aliphatic rings. The SMILES string of the molecule is CC(C)(C)S(=O)(=O)CC(=O)N(c1ccc(F)cc1)C1CCCC1. The van der Waals surface area contributed by atoms with Crippen LogP contribution in [0, 0.1) is 5.82 Å². The zero-order chi connectivity index (χ0) is 17.3. The normalized spacial score (nSPS) is 16.5. The Kier molecular flexibility index (Phi) is 5.14. The molecule has 0 N–H and O–H groups in total. The lowest BCUT2D eigenvalue weighted by molar-refractivity contribution is -0.116. The van der Waals surface area contributed by atoms with Crippen molar-refractivity contribution in [3.63, 3.8) is 0 Å². The summed E-state index contributed by atoms with van der Waals surface area (Å²) in [5.74, 6) is -1.34. The number of anilines is 1. The fraction of sp³-hybridized carbons (Fsp3) is 0.588. The zero-order valence-electron chi connectivity index (χ0n) is 13.9. The second-order valence-electron chi connectivity index (χ2n) is 7.05. The fourth-order valence-electron chi connectivity index (χ4n) is 2.77. The summed E-state index contributed by atoms with van der Waals surface area (Å²) in [5, 5.41) is 0. The lowest BCUT2D eigenvalue weighted by Crippen LogP contribution is -2.45. The van der Waals surface area contributed by atoms with E-state index in [1.165, 1.54) is 24.3 Å². The highest BCUT2D eigenvalue weighted by Crippen LogP contribution is 2.29. The van der Waals surface area contributed by atoms with E-state index in [1.807, 2.05) is 0 Å².